The molecule has 0 aliphatic carbocycles. The van der Waals surface area contributed by atoms with E-state index in [-0.39, 0.29) is 11.1 Å². The van der Waals surface area contributed by atoms with Crippen molar-refractivity contribution in [2.24, 2.45) is 4.99 Å². The maximum atomic E-state index is 6.66. The number of aliphatic imine (C=N–C) groups is 1. The lowest BCUT2D eigenvalue weighted by Crippen LogP contribution is -2.61. The molecule has 33 heavy (non-hydrogen) atoms. The molecule has 0 radical (unpaired) electrons. The molecule has 0 amide bonds. The van der Waals surface area contributed by atoms with Crippen LogP contribution in [0.1, 0.15) is 65.5 Å². The van der Waals surface area contributed by atoms with Crippen molar-refractivity contribution in [1.29, 1.82) is 0 Å². The Kier molecular flexibility index (Phi) is 7.55. The maximum absolute atomic E-state index is 6.66. The molecule has 1 saturated heterocycles. The summed E-state index contributed by atoms with van der Waals surface area (Å²) >= 11 is 6.66. The number of aromatic nitrogens is 2. The summed E-state index contributed by atoms with van der Waals surface area (Å²) in [6.07, 6.45) is 10.4. The third-order valence-electron chi connectivity index (χ3n) is 6.52. The fraction of sp³-hybridized carbons (Fsp3) is 0.481. The van der Waals surface area contributed by atoms with E-state index in [0.29, 0.717) is 11.1 Å². The van der Waals surface area contributed by atoms with Gasteiger partial charge in [-0.3, -0.25) is 10.1 Å². The number of hydrogen-bond donors (Lipinski definition) is 2. The molecular formula is C27H38ClN5. The zero-order valence-electron chi connectivity index (χ0n) is 21.1. The lowest BCUT2D eigenvalue weighted by Gasteiger charge is -2.49. The number of H-pyrrole nitrogens is 1. The highest BCUT2D eigenvalue weighted by atomic mass is 35.5. The lowest BCUT2D eigenvalue weighted by atomic mass is 9.79. The quantitative estimate of drug-likeness (QED) is 0.465. The first-order valence-electron chi connectivity index (χ1n) is 11.7. The van der Waals surface area contributed by atoms with Crippen molar-refractivity contribution >= 4 is 17.3 Å². The molecule has 6 heteroatoms. The molecule has 0 unspecified atom stereocenters. The van der Waals surface area contributed by atoms with Gasteiger partial charge in [0.2, 0.25) is 0 Å². The van der Waals surface area contributed by atoms with Gasteiger partial charge in [0, 0.05) is 64.0 Å². The molecule has 1 aromatic heterocycles. The third-order valence-corrected chi connectivity index (χ3v) is 6.83. The number of rotatable bonds is 7. The summed E-state index contributed by atoms with van der Waals surface area (Å²) in [5.74, 6) is 0. The number of allylic oxidation sites excluding steroid dienone is 2. The first-order valence-corrected chi connectivity index (χ1v) is 12.1. The van der Waals surface area contributed by atoms with Crippen LogP contribution in [0.5, 0.6) is 0 Å². The minimum atomic E-state index is 0.0972. The van der Waals surface area contributed by atoms with Crippen molar-refractivity contribution in [3.05, 3.63) is 65.2 Å². The molecule has 1 aliphatic rings. The second-order valence-corrected chi connectivity index (χ2v) is 10.8. The lowest BCUT2D eigenvalue weighted by molar-refractivity contribution is 0.0987. The van der Waals surface area contributed by atoms with Crippen molar-refractivity contribution in [2.75, 3.05) is 7.05 Å². The van der Waals surface area contributed by atoms with Crippen molar-refractivity contribution in [2.45, 2.75) is 77.9 Å². The number of aromatic amines is 1. The molecule has 2 aromatic rings. The van der Waals surface area contributed by atoms with Gasteiger partial charge >= 0.3 is 0 Å². The average Bonchev–Trinajstić information content (AvgIpc) is 3.26. The fourth-order valence-corrected chi connectivity index (χ4v) is 5.36. The second kappa shape index (κ2) is 9.86. The Balaban J connectivity index is 1.90. The number of hydrogen-bond acceptors (Lipinski definition) is 4. The van der Waals surface area contributed by atoms with Crippen LogP contribution in [-0.4, -0.2) is 45.0 Å². The summed E-state index contributed by atoms with van der Waals surface area (Å²) in [4.78, 5) is 7.21. The Bertz CT molecular complexity index is 1030. The van der Waals surface area contributed by atoms with Crippen LogP contribution in [0, 0.1) is 0 Å². The highest BCUT2D eigenvalue weighted by Crippen LogP contribution is 2.33. The molecule has 0 spiro atoms. The van der Waals surface area contributed by atoms with Crippen LogP contribution in [0.2, 0.25) is 5.02 Å². The second-order valence-electron chi connectivity index (χ2n) is 10.4. The Morgan fingerprint density at radius 1 is 1.27 bits per heavy atom. The van der Waals surface area contributed by atoms with E-state index < -0.39 is 0 Å². The van der Waals surface area contributed by atoms with Gasteiger partial charge < -0.3 is 10.2 Å². The smallest absolute Gasteiger partial charge is 0.0700 e. The number of nitrogens with one attached hydrogen (secondary N) is 2. The molecule has 2 N–H and O–H groups in total. The first kappa shape index (κ1) is 25.3. The summed E-state index contributed by atoms with van der Waals surface area (Å²) in [5, 5.41) is 11.3. The SMILES string of the molecule is C=CC(=N/C=C(\C)N(C)C1CC(C)(C)NC(C)(C)C1)c1cc(Cl)c(-c2cn[nH]c2)cc1CC. The number of benzene rings is 1. The Morgan fingerprint density at radius 3 is 2.48 bits per heavy atom. The number of nitrogens with zero attached hydrogens (tertiary/aromatic N) is 3. The maximum Gasteiger partial charge on any atom is 0.0700 e. The summed E-state index contributed by atoms with van der Waals surface area (Å²) in [7, 11) is 2.17. The van der Waals surface area contributed by atoms with Crippen molar-refractivity contribution in [3.8, 4) is 11.1 Å². The van der Waals surface area contributed by atoms with Crippen LogP contribution in [-0.2, 0) is 6.42 Å². The van der Waals surface area contributed by atoms with Gasteiger partial charge in [-0.2, -0.15) is 5.10 Å². The zero-order chi connectivity index (χ0) is 24.4. The van der Waals surface area contributed by atoms with E-state index in [2.05, 4.69) is 81.6 Å². The third kappa shape index (κ3) is 5.96. The highest BCUT2D eigenvalue weighted by molar-refractivity contribution is 6.34. The number of aryl methyl sites for hydroxylation is 1. The fourth-order valence-electron chi connectivity index (χ4n) is 5.08. The van der Waals surface area contributed by atoms with Crippen LogP contribution in [0.25, 0.3) is 11.1 Å². The summed E-state index contributed by atoms with van der Waals surface area (Å²) in [5.41, 5.74) is 6.29. The standard InChI is InChI=1S/C27H38ClN5/c1-9-19-11-22(20-16-30-31-17-20)24(28)12-23(19)25(10-2)29-15-18(3)33(8)21-13-26(4,5)32-27(6,7)14-21/h10-12,15-17,21,32H,2,9,13-14H2,1,3-8H3,(H,30,31)/b18-15+,29-25?. The van der Waals surface area contributed by atoms with Crippen molar-refractivity contribution in [3.63, 3.8) is 0 Å². The molecule has 0 bridgehead atoms. The Labute approximate surface area is 204 Å². The van der Waals surface area contributed by atoms with Gasteiger partial charge in [-0.05, 0) is 77.7 Å². The van der Waals surface area contributed by atoms with Gasteiger partial charge in [-0.15, -0.1) is 0 Å². The topological polar surface area (TPSA) is 56.3 Å². The summed E-state index contributed by atoms with van der Waals surface area (Å²) < 4.78 is 0. The molecule has 0 atom stereocenters. The van der Waals surface area contributed by atoms with Gasteiger partial charge in [0.1, 0.15) is 0 Å². The van der Waals surface area contributed by atoms with E-state index in [1.54, 1.807) is 6.20 Å². The van der Waals surface area contributed by atoms with Gasteiger partial charge in [0.05, 0.1) is 11.9 Å². The predicted molar refractivity (Wildman–Crippen MR) is 141 cm³/mol. The molecule has 0 saturated carbocycles. The zero-order valence-corrected chi connectivity index (χ0v) is 21.8. The van der Waals surface area contributed by atoms with Gasteiger partial charge in [0.15, 0.2) is 0 Å². The van der Waals surface area contributed by atoms with Crippen molar-refractivity contribution < 1.29 is 0 Å². The van der Waals surface area contributed by atoms with Gasteiger partial charge in [-0.25, -0.2) is 0 Å². The molecule has 5 nitrogen and oxygen atoms in total. The van der Waals surface area contributed by atoms with E-state index in [0.717, 1.165) is 47.4 Å². The summed E-state index contributed by atoms with van der Waals surface area (Å²) in [6, 6.07) is 4.57. The first-order chi connectivity index (χ1) is 15.5. The van der Waals surface area contributed by atoms with E-state index in [4.69, 9.17) is 16.6 Å². The minimum absolute atomic E-state index is 0.0972. The van der Waals surface area contributed by atoms with Crippen molar-refractivity contribution in [1.82, 2.24) is 20.4 Å². The molecular weight excluding hydrogens is 430 g/mol. The van der Waals surface area contributed by atoms with Gasteiger partial charge in [-0.1, -0.05) is 25.1 Å². The van der Waals surface area contributed by atoms with Crippen LogP contribution < -0.4 is 5.32 Å². The molecule has 1 aromatic carbocycles. The normalized spacial score (nSPS) is 18.9. The monoisotopic (exact) mass is 467 g/mol. The molecule has 3 rings (SSSR count). The van der Waals surface area contributed by atoms with Crippen LogP contribution in [0.4, 0.5) is 0 Å². The van der Waals surface area contributed by atoms with E-state index >= 15 is 0 Å². The number of piperidine rings is 1. The largest absolute Gasteiger partial charge is 0.374 e. The number of halogens is 1. The van der Waals surface area contributed by atoms with Crippen LogP contribution >= 0.6 is 11.6 Å². The molecule has 1 aliphatic heterocycles. The van der Waals surface area contributed by atoms with Crippen LogP contribution in [0.15, 0.2) is 54.1 Å². The highest BCUT2D eigenvalue weighted by Gasteiger charge is 2.39. The average molecular weight is 468 g/mol. The van der Waals surface area contributed by atoms with Crippen LogP contribution in [0.3, 0.4) is 0 Å². The molecule has 2 heterocycles. The Morgan fingerprint density at radius 2 is 1.94 bits per heavy atom. The van der Waals surface area contributed by atoms with Gasteiger partial charge in [0.25, 0.3) is 0 Å². The van der Waals surface area contributed by atoms with E-state index in [1.165, 1.54) is 5.56 Å². The van der Waals surface area contributed by atoms with E-state index in [1.807, 2.05) is 24.5 Å². The molecule has 178 valence electrons. The molecule has 1 fully saturated rings. The Hall–Kier alpha value is -2.37. The van der Waals surface area contributed by atoms with E-state index in [9.17, 15) is 0 Å². The summed E-state index contributed by atoms with van der Waals surface area (Å²) in [6.45, 7) is 17.4. The predicted octanol–water partition coefficient (Wildman–Crippen LogP) is 6.37. The minimum Gasteiger partial charge on any atom is -0.374 e.